The third-order valence-electron chi connectivity index (χ3n) is 2.51. The molecule has 4 amide bonds. The topological polar surface area (TPSA) is 116 Å². The minimum atomic E-state index is -0.730. The molecule has 0 aliphatic heterocycles. The van der Waals surface area contributed by atoms with Crippen LogP contribution in [0.4, 0.5) is 0 Å². The van der Waals surface area contributed by atoms with E-state index >= 15 is 0 Å². The lowest BCUT2D eigenvalue weighted by Crippen LogP contribution is -2.53. The first-order chi connectivity index (χ1) is 9.92. The van der Waals surface area contributed by atoms with Crippen molar-refractivity contribution in [3.05, 3.63) is 0 Å². The van der Waals surface area contributed by atoms with E-state index in [0.29, 0.717) is 0 Å². The number of carbonyl (C=O) groups is 4. The Balaban J connectivity index is 4.21. The van der Waals surface area contributed by atoms with Crippen molar-refractivity contribution < 1.29 is 19.2 Å². The Hall–Kier alpha value is -2.12. The van der Waals surface area contributed by atoms with Gasteiger partial charge in [-0.25, -0.2) is 0 Å². The molecule has 0 spiro atoms. The van der Waals surface area contributed by atoms with E-state index in [1.54, 1.807) is 6.92 Å². The largest absolute Gasteiger partial charge is 0.350 e. The fourth-order valence-corrected chi connectivity index (χ4v) is 1.53. The molecule has 0 aromatic rings. The summed E-state index contributed by atoms with van der Waals surface area (Å²) in [6, 6.07) is -1.44. The van der Waals surface area contributed by atoms with E-state index in [0.717, 1.165) is 0 Å². The Labute approximate surface area is 130 Å². The van der Waals surface area contributed by atoms with Gasteiger partial charge in [0.25, 0.3) is 0 Å². The van der Waals surface area contributed by atoms with Crippen LogP contribution in [-0.4, -0.2) is 47.8 Å². The summed E-state index contributed by atoms with van der Waals surface area (Å²) in [5, 5.41) is 10.0. The van der Waals surface area contributed by atoms with Gasteiger partial charge in [-0.15, -0.1) is 0 Å². The van der Waals surface area contributed by atoms with Crippen molar-refractivity contribution in [1.82, 2.24) is 21.3 Å². The van der Waals surface area contributed by atoms with Crippen LogP contribution < -0.4 is 21.3 Å². The summed E-state index contributed by atoms with van der Waals surface area (Å²) in [6.07, 6.45) is 0. The van der Waals surface area contributed by atoms with Crippen LogP contribution >= 0.6 is 0 Å². The number of hydrogen-bond donors (Lipinski definition) is 4. The minimum absolute atomic E-state index is 0.268. The average Bonchev–Trinajstić information content (AvgIpc) is 2.32. The molecule has 2 atom stereocenters. The molecular weight excluding hydrogens is 288 g/mol. The van der Waals surface area contributed by atoms with Crippen LogP contribution in [0, 0.1) is 0 Å². The number of carbonyl (C=O) groups excluding carboxylic acids is 4. The molecule has 0 bridgehead atoms. The molecule has 126 valence electrons. The molecule has 0 heterocycles. The van der Waals surface area contributed by atoms with Crippen molar-refractivity contribution in [2.24, 2.45) is 0 Å². The van der Waals surface area contributed by atoms with Gasteiger partial charge in [-0.05, 0) is 34.6 Å². The highest BCUT2D eigenvalue weighted by atomic mass is 16.2. The number of hydrogen-bond acceptors (Lipinski definition) is 4. The summed E-state index contributed by atoms with van der Waals surface area (Å²) in [6.45, 7) is 9.60. The van der Waals surface area contributed by atoms with E-state index < -0.39 is 29.4 Å². The molecule has 0 fully saturated rings. The predicted octanol–water partition coefficient (Wildman–Crippen LogP) is -0.953. The number of rotatable bonds is 6. The van der Waals surface area contributed by atoms with Crippen LogP contribution in [0.1, 0.15) is 41.5 Å². The van der Waals surface area contributed by atoms with E-state index in [-0.39, 0.29) is 18.4 Å². The van der Waals surface area contributed by atoms with Crippen molar-refractivity contribution in [3.63, 3.8) is 0 Å². The maximum atomic E-state index is 11.8. The first kappa shape index (κ1) is 19.9. The maximum absolute atomic E-state index is 11.8. The highest BCUT2D eigenvalue weighted by Crippen LogP contribution is 1.99. The molecule has 0 rings (SSSR count). The Kier molecular flexibility index (Phi) is 7.55. The van der Waals surface area contributed by atoms with Gasteiger partial charge in [0.15, 0.2) is 0 Å². The van der Waals surface area contributed by atoms with Crippen LogP contribution in [0.25, 0.3) is 0 Å². The van der Waals surface area contributed by atoms with Crippen LogP contribution in [0.15, 0.2) is 0 Å². The summed E-state index contributed by atoms with van der Waals surface area (Å²) in [4.78, 5) is 45.9. The van der Waals surface area contributed by atoms with Crippen LogP contribution in [-0.2, 0) is 19.2 Å². The summed E-state index contributed by atoms with van der Waals surface area (Å²) >= 11 is 0. The third-order valence-corrected chi connectivity index (χ3v) is 2.51. The third kappa shape index (κ3) is 8.93. The zero-order valence-corrected chi connectivity index (χ0v) is 14.0. The summed E-state index contributed by atoms with van der Waals surface area (Å²) in [7, 11) is 0. The van der Waals surface area contributed by atoms with Gasteiger partial charge in [0.2, 0.25) is 23.6 Å². The van der Waals surface area contributed by atoms with Crippen molar-refractivity contribution >= 4 is 23.6 Å². The summed E-state index contributed by atoms with van der Waals surface area (Å²) < 4.78 is 0. The molecule has 0 radical (unpaired) electrons. The molecule has 0 aliphatic rings. The zero-order chi connectivity index (χ0) is 17.5. The fourth-order valence-electron chi connectivity index (χ4n) is 1.53. The molecule has 0 unspecified atom stereocenters. The smallest absolute Gasteiger partial charge is 0.242 e. The lowest BCUT2D eigenvalue weighted by atomic mass is 10.1. The molecular formula is C14H26N4O4. The highest BCUT2D eigenvalue weighted by molar-refractivity contribution is 5.92. The van der Waals surface area contributed by atoms with Crippen molar-refractivity contribution in [2.75, 3.05) is 6.54 Å². The molecule has 0 aromatic heterocycles. The molecule has 0 saturated carbocycles. The normalized spacial score (nSPS) is 13.5. The summed E-state index contributed by atoms with van der Waals surface area (Å²) in [5.74, 6) is -1.60. The molecule has 8 nitrogen and oxygen atoms in total. The van der Waals surface area contributed by atoms with E-state index in [1.807, 2.05) is 20.8 Å². The van der Waals surface area contributed by atoms with E-state index in [2.05, 4.69) is 21.3 Å². The molecule has 22 heavy (non-hydrogen) atoms. The lowest BCUT2D eigenvalue weighted by Gasteiger charge is -2.23. The molecule has 4 N–H and O–H groups in total. The van der Waals surface area contributed by atoms with Gasteiger partial charge in [0.05, 0.1) is 6.54 Å². The van der Waals surface area contributed by atoms with E-state index in [9.17, 15) is 19.2 Å². The van der Waals surface area contributed by atoms with Gasteiger partial charge >= 0.3 is 0 Å². The Morgan fingerprint density at radius 3 is 1.86 bits per heavy atom. The highest BCUT2D eigenvalue weighted by Gasteiger charge is 2.21. The predicted molar refractivity (Wildman–Crippen MR) is 81.8 cm³/mol. The average molecular weight is 314 g/mol. The number of nitrogens with one attached hydrogen (secondary N) is 4. The van der Waals surface area contributed by atoms with Gasteiger partial charge in [0, 0.05) is 12.5 Å². The van der Waals surface area contributed by atoms with Crippen molar-refractivity contribution in [3.8, 4) is 0 Å². The van der Waals surface area contributed by atoms with Crippen LogP contribution in [0.3, 0.4) is 0 Å². The van der Waals surface area contributed by atoms with Crippen LogP contribution in [0.2, 0.25) is 0 Å². The second kappa shape index (κ2) is 8.35. The molecule has 8 heteroatoms. The molecule has 0 aliphatic carbocycles. The Bertz CT molecular complexity index is 443. The van der Waals surface area contributed by atoms with E-state index in [4.69, 9.17) is 0 Å². The minimum Gasteiger partial charge on any atom is -0.350 e. The summed E-state index contributed by atoms with van der Waals surface area (Å²) in [5.41, 5.74) is -0.391. The van der Waals surface area contributed by atoms with Gasteiger partial charge in [0.1, 0.15) is 12.1 Å². The van der Waals surface area contributed by atoms with Crippen molar-refractivity contribution in [2.45, 2.75) is 59.2 Å². The van der Waals surface area contributed by atoms with Gasteiger partial charge in [-0.1, -0.05) is 0 Å². The first-order valence-electron chi connectivity index (χ1n) is 7.08. The second-order valence-corrected chi connectivity index (χ2v) is 6.17. The van der Waals surface area contributed by atoms with Crippen LogP contribution in [0.5, 0.6) is 0 Å². The second-order valence-electron chi connectivity index (χ2n) is 6.17. The SMILES string of the molecule is CC(=O)N[C@@H](C)C(=O)NCC(=O)N[C@@H](C)C(=O)NC(C)(C)C. The Morgan fingerprint density at radius 1 is 0.909 bits per heavy atom. The van der Waals surface area contributed by atoms with Gasteiger partial charge in [-0.3, -0.25) is 19.2 Å². The number of amides is 4. The zero-order valence-electron chi connectivity index (χ0n) is 14.0. The van der Waals surface area contributed by atoms with Crippen molar-refractivity contribution in [1.29, 1.82) is 0 Å². The van der Waals surface area contributed by atoms with E-state index in [1.165, 1.54) is 13.8 Å². The Morgan fingerprint density at radius 2 is 1.41 bits per heavy atom. The van der Waals surface area contributed by atoms with Gasteiger partial charge < -0.3 is 21.3 Å². The lowest BCUT2D eigenvalue weighted by molar-refractivity contribution is -0.131. The standard InChI is InChI=1S/C14H26N4O4/c1-8(16-10(3)19)12(21)15-7-11(20)17-9(2)13(22)18-14(4,5)6/h8-9H,7H2,1-6H3,(H,15,21)(H,16,19)(H,17,20)(H,18,22)/t8-,9-/m0/s1. The maximum Gasteiger partial charge on any atom is 0.242 e. The molecule has 0 aromatic carbocycles. The van der Waals surface area contributed by atoms with Gasteiger partial charge in [-0.2, -0.15) is 0 Å². The monoisotopic (exact) mass is 314 g/mol. The fraction of sp³-hybridized carbons (Fsp3) is 0.714. The molecule has 0 saturated heterocycles. The first-order valence-corrected chi connectivity index (χ1v) is 7.08. The quantitative estimate of drug-likeness (QED) is 0.505.